The van der Waals surface area contributed by atoms with Crippen molar-refractivity contribution in [1.82, 2.24) is 4.90 Å². The predicted octanol–water partition coefficient (Wildman–Crippen LogP) is 0.524. The lowest BCUT2D eigenvalue weighted by molar-refractivity contribution is -0.158. The van der Waals surface area contributed by atoms with Crippen LogP contribution in [0.15, 0.2) is 23.0 Å². The fourth-order valence-electron chi connectivity index (χ4n) is 1.94. The van der Waals surface area contributed by atoms with Gasteiger partial charge in [0.1, 0.15) is 0 Å². The molecule has 1 atom stereocenters. The molecule has 1 amide bonds. The fourth-order valence-corrected chi connectivity index (χ4v) is 1.94. The number of carbonyl (C=O) groups excluding carboxylic acids is 1. The van der Waals surface area contributed by atoms with Crippen molar-refractivity contribution in [2.75, 3.05) is 19.8 Å². The molecule has 2 heterocycles. The summed E-state index contributed by atoms with van der Waals surface area (Å²) in [5, 5.41) is 9.02. The SMILES string of the molecule is O=C(O)C1COCCN1C(=O)CCc1ccoc1. The molecular weight excluding hydrogens is 238 g/mol. The van der Waals surface area contributed by atoms with E-state index >= 15 is 0 Å². The number of carboxylic acid groups (broad SMARTS) is 1. The lowest BCUT2D eigenvalue weighted by Crippen LogP contribution is -2.52. The van der Waals surface area contributed by atoms with Crippen molar-refractivity contribution in [1.29, 1.82) is 0 Å². The van der Waals surface area contributed by atoms with Crippen LogP contribution < -0.4 is 0 Å². The number of carbonyl (C=O) groups is 2. The summed E-state index contributed by atoms with van der Waals surface area (Å²) in [5.41, 5.74) is 0.934. The first-order valence-corrected chi connectivity index (χ1v) is 5.79. The number of aliphatic carboxylic acids is 1. The monoisotopic (exact) mass is 253 g/mol. The van der Waals surface area contributed by atoms with Crippen molar-refractivity contribution in [2.24, 2.45) is 0 Å². The molecule has 1 fully saturated rings. The number of carboxylic acids is 1. The largest absolute Gasteiger partial charge is 0.480 e. The van der Waals surface area contributed by atoms with Crippen molar-refractivity contribution < 1.29 is 23.8 Å². The molecular formula is C12H15NO5. The third-order valence-electron chi connectivity index (χ3n) is 2.94. The van der Waals surface area contributed by atoms with Crippen LogP contribution in [0.1, 0.15) is 12.0 Å². The van der Waals surface area contributed by atoms with Gasteiger partial charge in [-0.2, -0.15) is 0 Å². The standard InChI is InChI=1S/C12H15NO5/c14-11(2-1-9-3-5-17-7-9)13-4-6-18-8-10(13)12(15)16/h3,5,7,10H,1-2,4,6,8H2,(H,15,16). The highest BCUT2D eigenvalue weighted by atomic mass is 16.5. The Morgan fingerprint density at radius 3 is 3.00 bits per heavy atom. The summed E-state index contributed by atoms with van der Waals surface area (Å²) in [6.07, 6.45) is 3.97. The minimum absolute atomic E-state index is 0.0623. The average Bonchev–Trinajstić information content (AvgIpc) is 2.89. The number of hydrogen-bond donors (Lipinski definition) is 1. The number of ether oxygens (including phenoxy) is 1. The van der Waals surface area contributed by atoms with E-state index in [0.717, 1.165) is 5.56 Å². The second-order valence-electron chi connectivity index (χ2n) is 4.15. The molecule has 2 rings (SSSR count). The highest BCUT2D eigenvalue weighted by Crippen LogP contribution is 2.11. The van der Waals surface area contributed by atoms with Gasteiger partial charge in [-0.05, 0) is 18.1 Å². The number of nitrogens with zero attached hydrogens (tertiary/aromatic N) is 1. The average molecular weight is 253 g/mol. The van der Waals surface area contributed by atoms with Crippen LogP contribution in [0.25, 0.3) is 0 Å². The summed E-state index contributed by atoms with van der Waals surface area (Å²) in [7, 11) is 0. The summed E-state index contributed by atoms with van der Waals surface area (Å²) in [6.45, 7) is 0.787. The topological polar surface area (TPSA) is 80.0 Å². The van der Waals surface area contributed by atoms with E-state index in [0.29, 0.717) is 19.6 Å². The van der Waals surface area contributed by atoms with E-state index in [1.165, 1.54) is 4.90 Å². The summed E-state index contributed by atoms with van der Waals surface area (Å²) in [5.74, 6) is -1.18. The number of amides is 1. The molecule has 1 N–H and O–H groups in total. The van der Waals surface area contributed by atoms with Crippen LogP contribution in [0.4, 0.5) is 0 Å². The molecule has 0 saturated carbocycles. The molecule has 0 bridgehead atoms. The zero-order chi connectivity index (χ0) is 13.0. The predicted molar refractivity (Wildman–Crippen MR) is 61.0 cm³/mol. The summed E-state index contributed by atoms with van der Waals surface area (Å²) >= 11 is 0. The Balaban J connectivity index is 1.92. The van der Waals surface area contributed by atoms with Gasteiger partial charge in [-0.25, -0.2) is 4.79 Å². The van der Waals surface area contributed by atoms with Gasteiger partial charge in [0, 0.05) is 13.0 Å². The van der Waals surface area contributed by atoms with Crippen LogP contribution in [-0.4, -0.2) is 47.7 Å². The Hall–Kier alpha value is -1.82. The minimum atomic E-state index is -1.02. The molecule has 0 radical (unpaired) electrons. The van der Waals surface area contributed by atoms with Crippen LogP contribution in [0.5, 0.6) is 0 Å². The molecule has 98 valence electrons. The Bertz CT molecular complexity index is 414. The van der Waals surface area contributed by atoms with Crippen molar-refractivity contribution in [3.8, 4) is 0 Å². The third kappa shape index (κ3) is 2.89. The molecule has 18 heavy (non-hydrogen) atoms. The molecule has 0 spiro atoms. The molecule has 0 aromatic carbocycles. The van der Waals surface area contributed by atoms with Gasteiger partial charge in [0.25, 0.3) is 0 Å². The molecule has 1 aliphatic heterocycles. The number of hydrogen-bond acceptors (Lipinski definition) is 4. The molecule has 6 nitrogen and oxygen atoms in total. The van der Waals surface area contributed by atoms with Crippen LogP contribution in [0.2, 0.25) is 0 Å². The normalized spacial score (nSPS) is 19.8. The van der Waals surface area contributed by atoms with Gasteiger partial charge < -0.3 is 19.2 Å². The first kappa shape index (κ1) is 12.6. The van der Waals surface area contributed by atoms with E-state index in [-0.39, 0.29) is 18.9 Å². The molecule has 1 aromatic rings. The van der Waals surface area contributed by atoms with Crippen molar-refractivity contribution >= 4 is 11.9 Å². The second kappa shape index (κ2) is 5.68. The van der Waals surface area contributed by atoms with E-state index < -0.39 is 12.0 Å². The van der Waals surface area contributed by atoms with Gasteiger partial charge in [-0.3, -0.25) is 4.79 Å². The summed E-state index contributed by atoms with van der Waals surface area (Å²) in [6, 6.07) is 0.928. The van der Waals surface area contributed by atoms with Gasteiger partial charge in [-0.15, -0.1) is 0 Å². The second-order valence-corrected chi connectivity index (χ2v) is 4.15. The van der Waals surface area contributed by atoms with Crippen LogP contribution >= 0.6 is 0 Å². The van der Waals surface area contributed by atoms with Crippen molar-refractivity contribution in [3.05, 3.63) is 24.2 Å². The molecule has 6 heteroatoms. The molecule has 1 aromatic heterocycles. The maximum atomic E-state index is 12.0. The van der Waals surface area contributed by atoms with Gasteiger partial charge in [-0.1, -0.05) is 0 Å². The van der Waals surface area contributed by atoms with Gasteiger partial charge in [0.15, 0.2) is 6.04 Å². The fraction of sp³-hybridized carbons (Fsp3) is 0.500. The van der Waals surface area contributed by atoms with Crippen LogP contribution in [0, 0.1) is 0 Å². The summed E-state index contributed by atoms with van der Waals surface area (Å²) < 4.78 is 10.00. The van der Waals surface area contributed by atoms with Crippen molar-refractivity contribution in [2.45, 2.75) is 18.9 Å². The zero-order valence-corrected chi connectivity index (χ0v) is 9.87. The van der Waals surface area contributed by atoms with E-state index in [9.17, 15) is 9.59 Å². The Labute approximate surface area is 104 Å². The van der Waals surface area contributed by atoms with Crippen molar-refractivity contribution in [3.63, 3.8) is 0 Å². The zero-order valence-electron chi connectivity index (χ0n) is 9.87. The Morgan fingerprint density at radius 2 is 2.33 bits per heavy atom. The van der Waals surface area contributed by atoms with Crippen LogP contribution in [0.3, 0.4) is 0 Å². The molecule has 1 unspecified atom stereocenters. The highest BCUT2D eigenvalue weighted by Gasteiger charge is 2.32. The number of rotatable bonds is 4. The Morgan fingerprint density at radius 1 is 1.50 bits per heavy atom. The van der Waals surface area contributed by atoms with E-state index in [1.807, 2.05) is 0 Å². The van der Waals surface area contributed by atoms with E-state index in [4.69, 9.17) is 14.3 Å². The van der Waals surface area contributed by atoms with E-state index in [2.05, 4.69) is 0 Å². The smallest absolute Gasteiger partial charge is 0.328 e. The Kier molecular flexibility index (Phi) is 3.99. The maximum Gasteiger partial charge on any atom is 0.328 e. The lowest BCUT2D eigenvalue weighted by Gasteiger charge is -2.32. The van der Waals surface area contributed by atoms with Crippen LogP contribution in [-0.2, 0) is 20.7 Å². The highest BCUT2D eigenvalue weighted by molar-refractivity contribution is 5.84. The lowest BCUT2D eigenvalue weighted by atomic mass is 10.1. The first-order valence-electron chi connectivity index (χ1n) is 5.79. The van der Waals surface area contributed by atoms with Gasteiger partial charge in [0.2, 0.25) is 5.91 Å². The number of furan rings is 1. The quantitative estimate of drug-likeness (QED) is 0.846. The number of morpholine rings is 1. The molecule has 1 aliphatic rings. The van der Waals surface area contributed by atoms with Gasteiger partial charge >= 0.3 is 5.97 Å². The maximum absolute atomic E-state index is 12.0. The number of aryl methyl sites for hydroxylation is 1. The van der Waals surface area contributed by atoms with E-state index in [1.54, 1.807) is 18.6 Å². The van der Waals surface area contributed by atoms with Gasteiger partial charge in [0.05, 0.1) is 25.7 Å². The molecule has 1 saturated heterocycles. The third-order valence-corrected chi connectivity index (χ3v) is 2.94. The molecule has 0 aliphatic carbocycles. The minimum Gasteiger partial charge on any atom is -0.480 e. The first-order chi connectivity index (χ1) is 8.68. The summed E-state index contributed by atoms with van der Waals surface area (Å²) in [4.78, 5) is 24.4.